The summed E-state index contributed by atoms with van der Waals surface area (Å²) in [5.41, 5.74) is 1.08. The number of likely N-dealkylation sites (tertiary alicyclic amines) is 1. The van der Waals surface area contributed by atoms with Crippen LogP contribution in [-0.2, 0) is 13.1 Å². The van der Waals surface area contributed by atoms with E-state index < -0.39 is 0 Å². The van der Waals surface area contributed by atoms with E-state index in [4.69, 9.17) is 0 Å². The Morgan fingerprint density at radius 1 is 0.862 bits per heavy atom. The highest BCUT2D eigenvalue weighted by Crippen LogP contribution is 2.22. The van der Waals surface area contributed by atoms with Gasteiger partial charge in [-0.2, -0.15) is 0 Å². The highest BCUT2D eigenvalue weighted by molar-refractivity contribution is 7.14. The summed E-state index contributed by atoms with van der Waals surface area (Å²) in [6, 6.07) is 13.9. The van der Waals surface area contributed by atoms with Crippen molar-refractivity contribution in [2.45, 2.75) is 25.9 Å². The SMILES string of the molecule is O=C(NCc1ccccc1)N1CCN(C(=O)c2ccc(CN3CCCC3)s2)CC1. The van der Waals surface area contributed by atoms with E-state index in [1.807, 2.05) is 41.3 Å². The van der Waals surface area contributed by atoms with Crippen LogP contribution in [0.4, 0.5) is 4.79 Å². The Bertz CT molecular complexity index is 824. The van der Waals surface area contributed by atoms with E-state index >= 15 is 0 Å². The normalized spacial score (nSPS) is 17.5. The molecule has 2 fully saturated rings. The van der Waals surface area contributed by atoms with Crippen molar-refractivity contribution in [3.05, 3.63) is 57.8 Å². The average molecular weight is 413 g/mol. The van der Waals surface area contributed by atoms with Crippen LogP contribution in [0.1, 0.15) is 33.0 Å². The number of rotatable bonds is 5. The number of piperazine rings is 1. The quantitative estimate of drug-likeness (QED) is 0.821. The minimum Gasteiger partial charge on any atom is -0.334 e. The molecular formula is C22H28N4O2S. The van der Waals surface area contributed by atoms with Crippen LogP contribution < -0.4 is 5.32 Å². The molecule has 0 bridgehead atoms. The average Bonchev–Trinajstić information content (AvgIpc) is 3.45. The molecular weight excluding hydrogens is 384 g/mol. The molecule has 1 aromatic heterocycles. The number of amides is 3. The molecule has 0 spiro atoms. The third-order valence-corrected chi connectivity index (χ3v) is 6.65. The van der Waals surface area contributed by atoms with Gasteiger partial charge in [0.25, 0.3) is 5.91 Å². The van der Waals surface area contributed by atoms with Gasteiger partial charge in [-0.25, -0.2) is 4.79 Å². The summed E-state index contributed by atoms with van der Waals surface area (Å²) < 4.78 is 0. The number of benzene rings is 1. The van der Waals surface area contributed by atoms with Crippen molar-refractivity contribution in [2.24, 2.45) is 0 Å². The number of carbonyl (C=O) groups excluding carboxylic acids is 2. The van der Waals surface area contributed by atoms with E-state index in [9.17, 15) is 9.59 Å². The molecule has 2 aromatic rings. The summed E-state index contributed by atoms with van der Waals surface area (Å²) in [4.78, 5) is 33.4. The highest BCUT2D eigenvalue weighted by atomic mass is 32.1. The Kier molecular flexibility index (Phi) is 6.46. The van der Waals surface area contributed by atoms with E-state index in [0.717, 1.165) is 30.1 Å². The maximum atomic E-state index is 12.8. The second kappa shape index (κ2) is 9.41. The number of hydrogen-bond donors (Lipinski definition) is 1. The van der Waals surface area contributed by atoms with E-state index in [1.54, 1.807) is 16.2 Å². The molecule has 4 rings (SSSR count). The maximum absolute atomic E-state index is 12.8. The third kappa shape index (κ3) is 5.16. The van der Waals surface area contributed by atoms with Gasteiger partial charge in [-0.1, -0.05) is 30.3 Å². The van der Waals surface area contributed by atoms with Crippen LogP contribution in [0.25, 0.3) is 0 Å². The van der Waals surface area contributed by atoms with Crippen molar-refractivity contribution in [3.8, 4) is 0 Å². The van der Waals surface area contributed by atoms with Crippen LogP contribution in [0.15, 0.2) is 42.5 Å². The van der Waals surface area contributed by atoms with Gasteiger partial charge < -0.3 is 15.1 Å². The molecule has 7 heteroatoms. The monoisotopic (exact) mass is 412 g/mol. The van der Waals surface area contributed by atoms with Gasteiger partial charge in [0.1, 0.15) is 0 Å². The van der Waals surface area contributed by atoms with Gasteiger partial charge in [0.15, 0.2) is 0 Å². The minimum atomic E-state index is -0.0648. The molecule has 154 valence electrons. The largest absolute Gasteiger partial charge is 0.334 e. The van der Waals surface area contributed by atoms with Crippen LogP contribution in [0.3, 0.4) is 0 Å². The first-order valence-electron chi connectivity index (χ1n) is 10.4. The molecule has 3 heterocycles. The predicted molar refractivity (Wildman–Crippen MR) is 115 cm³/mol. The van der Waals surface area contributed by atoms with Crippen LogP contribution in [0.5, 0.6) is 0 Å². The zero-order valence-corrected chi connectivity index (χ0v) is 17.5. The lowest BCUT2D eigenvalue weighted by Crippen LogP contribution is -2.53. The Morgan fingerprint density at radius 2 is 1.55 bits per heavy atom. The van der Waals surface area contributed by atoms with E-state index in [0.29, 0.717) is 32.7 Å². The van der Waals surface area contributed by atoms with Gasteiger partial charge >= 0.3 is 6.03 Å². The van der Waals surface area contributed by atoms with Gasteiger partial charge in [0.2, 0.25) is 0 Å². The zero-order chi connectivity index (χ0) is 20.1. The number of urea groups is 1. The van der Waals surface area contributed by atoms with Gasteiger partial charge in [-0.3, -0.25) is 9.69 Å². The molecule has 1 aromatic carbocycles. The lowest BCUT2D eigenvalue weighted by molar-refractivity contribution is 0.0669. The molecule has 0 saturated carbocycles. The lowest BCUT2D eigenvalue weighted by Gasteiger charge is -2.34. The lowest BCUT2D eigenvalue weighted by atomic mass is 10.2. The van der Waals surface area contributed by atoms with Gasteiger partial charge in [0.05, 0.1) is 4.88 Å². The first-order valence-corrected chi connectivity index (χ1v) is 11.2. The molecule has 0 unspecified atom stereocenters. The molecule has 0 aliphatic carbocycles. The molecule has 0 atom stereocenters. The molecule has 0 radical (unpaired) electrons. The van der Waals surface area contributed by atoms with Crippen molar-refractivity contribution in [2.75, 3.05) is 39.3 Å². The van der Waals surface area contributed by atoms with Crippen LogP contribution in [0.2, 0.25) is 0 Å². The summed E-state index contributed by atoms with van der Waals surface area (Å²) >= 11 is 1.61. The molecule has 1 N–H and O–H groups in total. The van der Waals surface area contributed by atoms with Gasteiger partial charge in [-0.15, -0.1) is 11.3 Å². The fourth-order valence-corrected chi connectivity index (χ4v) is 4.91. The second-order valence-corrected chi connectivity index (χ2v) is 8.84. The van der Waals surface area contributed by atoms with Crippen molar-refractivity contribution >= 4 is 23.3 Å². The zero-order valence-electron chi connectivity index (χ0n) is 16.7. The maximum Gasteiger partial charge on any atom is 0.317 e. The molecule has 2 aliphatic heterocycles. The van der Waals surface area contributed by atoms with E-state index in [-0.39, 0.29) is 11.9 Å². The number of carbonyl (C=O) groups is 2. The minimum absolute atomic E-state index is 0.0648. The van der Waals surface area contributed by atoms with Crippen molar-refractivity contribution in [1.82, 2.24) is 20.0 Å². The predicted octanol–water partition coefficient (Wildman–Crippen LogP) is 3.01. The summed E-state index contributed by atoms with van der Waals surface area (Å²) in [5.74, 6) is 0.0898. The number of nitrogens with one attached hydrogen (secondary N) is 1. The standard InChI is InChI=1S/C22H28N4O2S/c27-21(20-9-8-19(29-20)17-24-10-4-5-11-24)25-12-14-26(15-13-25)22(28)23-16-18-6-2-1-3-7-18/h1-3,6-9H,4-5,10-17H2,(H,23,28). The van der Waals surface area contributed by atoms with Crippen LogP contribution in [0, 0.1) is 0 Å². The Morgan fingerprint density at radius 3 is 2.28 bits per heavy atom. The summed E-state index contributed by atoms with van der Waals surface area (Å²) in [6.45, 7) is 6.09. The smallest absolute Gasteiger partial charge is 0.317 e. The Hall–Kier alpha value is -2.38. The number of hydrogen-bond acceptors (Lipinski definition) is 4. The molecule has 3 amide bonds. The first-order chi connectivity index (χ1) is 14.2. The fraction of sp³-hybridized carbons (Fsp3) is 0.455. The fourth-order valence-electron chi connectivity index (χ4n) is 3.89. The van der Waals surface area contributed by atoms with Crippen molar-refractivity contribution < 1.29 is 9.59 Å². The Balaban J connectivity index is 1.24. The molecule has 2 saturated heterocycles. The van der Waals surface area contributed by atoms with E-state index in [1.165, 1.54) is 17.7 Å². The first kappa shape index (κ1) is 19.9. The summed E-state index contributed by atoms with van der Waals surface area (Å²) in [5, 5.41) is 2.96. The third-order valence-electron chi connectivity index (χ3n) is 5.59. The molecule has 2 aliphatic rings. The van der Waals surface area contributed by atoms with Crippen molar-refractivity contribution in [1.29, 1.82) is 0 Å². The number of nitrogens with zero attached hydrogens (tertiary/aromatic N) is 3. The second-order valence-electron chi connectivity index (χ2n) is 7.67. The topological polar surface area (TPSA) is 55.9 Å². The molecule has 6 nitrogen and oxygen atoms in total. The summed E-state index contributed by atoms with van der Waals surface area (Å²) in [6.07, 6.45) is 2.56. The summed E-state index contributed by atoms with van der Waals surface area (Å²) in [7, 11) is 0. The van der Waals surface area contributed by atoms with Gasteiger partial charge in [0, 0.05) is 44.1 Å². The number of thiophene rings is 1. The molecule has 29 heavy (non-hydrogen) atoms. The van der Waals surface area contributed by atoms with Crippen molar-refractivity contribution in [3.63, 3.8) is 0 Å². The van der Waals surface area contributed by atoms with Gasteiger partial charge in [-0.05, 0) is 43.6 Å². The van der Waals surface area contributed by atoms with Crippen LogP contribution >= 0.6 is 11.3 Å². The van der Waals surface area contributed by atoms with Crippen LogP contribution in [-0.4, -0.2) is 65.9 Å². The van der Waals surface area contributed by atoms with E-state index in [2.05, 4.69) is 16.3 Å². The Labute approximate surface area is 176 Å². The highest BCUT2D eigenvalue weighted by Gasteiger charge is 2.25.